The molecule has 0 bridgehead atoms. The van der Waals surface area contributed by atoms with E-state index in [1.165, 1.54) is 25.7 Å². The number of nitrogens with zero attached hydrogens (tertiary/aromatic N) is 2. The number of anilines is 1. The van der Waals surface area contributed by atoms with Gasteiger partial charge in [-0.15, -0.1) is 0 Å². The average Bonchev–Trinajstić information content (AvgIpc) is 3.09. The standard InChI is InChI=1S/C14H16BrN3O/c1-16-12-8-11(9-4-2-3-5-9)17-14(18-12)13-10(15)6-7-19-13/h6-9H,2-5H2,1H3,(H,16,17,18). The number of halogens is 1. The number of rotatable bonds is 3. The van der Waals surface area contributed by atoms with Crippen molar-refractivity contribution in [2.45, 2.75) is 31.6 Å². The third-order valence-corrected chi connectivity index (χ3v) is 4.22. The van der Waals surface area contributed by atoms with Crippen molar-refractivity contribution in [1.82, 2.24) is 9.97 Å². The maximum Gasteiger partial charge on any atom is 0.199 e. The number of aromatic nitrogens is 2. The van der Waals surface area contributed by atoms with Crippen LogP contribution in [0.2, 0.25) is 0 Å². The maximum atomic E-state index is 5.47. The highest BCUT2D eigenvalue weighted by Gasteiger charge is 2.21. The van der Waals surface area contributed by atoms with Gasteiger partial charge in [0.2, 0.25) is 0 Å². The van der Waals surface area contributed by atoms with Crippen LogP contribution in [0.25, 0.3) is 11.6 Å². The Bertz CT molecular complexity index is 576. The van der Waals surface area contributed by atoms with Crippen molar-refractivity contribution in [3.05, 3.63) is 28.6 Å². The van der Waals surface area contributed by atoms with Crippen molar-refractivity contribution >= 4 is 21.7 Å². The van der Waals surface area contributed by atoms with Gasteiger partial charge in [0.25, 0.3) is 0 Å². The van der Waals surface area contributed by atoms with Gasteiger partial charge in [-0.3, -0.25) is 0 Å². The fraction of sp³-hybridized carbons (Fsp3) is 0.429. The van der Waals surface area contributed by atoms with Crippen LogP contribution >= 0.6 is 15.9 Å². The average molecular weight is 322 g/mol. The Balaban J connectivity index is 2.04. The van der Waals surface area contributed by atoms with Crippen LogP contribution in [0.15, 0.2) is 27.3 Å². The van der Waals surface area contributed by atoms with Crippen molar-refractivity contribution in [3.63, 3.8) is 0 Å². The topological polar surface area (TPSA) is 51.0 Å². The van der Waals surface area contributed by atoms with Gasteiger partial charge in [-0.2, -0.15) is 0 Å². The lowest BCUT2D eigenvalue weighted by Crippen LogP contribution is -2.03. The van der Waals surface area contributed by atoms with Crippen LogP contribution in [0.4, 0.5) is 5.82 Å². The first-order valence-electron chi connectivity index (χ1n) is 6.58. The molecule has 5 heteroatoms. The molecule has 2 heterocycles. The van der Waals surface area contributed by atoms with Crippen molar-refractivity contribution in [3.8, 4) is 11.6 Å². The summed E-state index contributed by atoms with van der Waals surface area (Å²) in [6.45, 7) is 0. The van der Waals surface area contributed by atoms with E-state index in [0.29, 0.717) is 17.5 Å². The van der Waals surface area contributed by atoms with Crippen LogP contribution in [-0.2, 0) is 0 Å². The molecule has 0 atom stereocenters. The van der Waals surface area contributed by atoms with Crippen molar-refractivity contribution in [1.29, 1.82) is 0 Å². The Hall–Kier alpha value is -1.36. The van der Waals surface area contributed by atoms with E-state index in [1.54, 1.807) is 6.26 Å². The van der Waals surface area contributed by atoms with Crippen molar-refractivity contribution in [2.75, 3.05) is 12.4 Å². The molecule has 4 nitrogen and oxygen atoms in total. The van der Waals surface area contributed by atoms with Gasteiger partial charge in [-0.1, -0.05) is 12.8 Å². The summed E-state index contributed by atoms with van der Waals surface area (Å²) in [5, 5.41) is 3.10. The van der Waals surface area contributed by atoms with Crippen LogP contribution in [0.5, 0.6) is 0 Å². The summed E-state index contributed by atoms with van der Waals surface area (Å²) in [7, 11) is 1.88. The zero-order valence-electron chi connectivity index (χ0n) is 10.8. The summed E-state index contributed by atoms with van der Waals surface area (Å²) in [5.74, 6) is 2.74. The molecule has 1 fully saturated rings. The van der Waals surface area contributed by atoms with Crippen LogP contribution < -0.4 is 5.32 Å². The third-order valence-electron chi connectivity index (χ3n) is 3.60. The highest BCUT2D eigenvalue weighted by atomic mass is 79.9. The monoisotopic (exact) mass is 321 g/mol. The molecular weight excluding hydrogens is 306 g/mol. The van der Waals surface area contributed by atoms with Gasteiger partial charge in [0.15, 0.2) is 11.6 Å². The molecule has 0 aromatic carbocycles. The Morgan fingerprint density at radius 1 is 1.32 bits per heavy atom. The van der Waals surface area contributed by atoms with Crippen LogP contribution in [0.3, 0.4) is 0 Å². The van der Waals surface area contributed by atoms with E-state index in [0.717, 1.165) is 16.0 Å². The third kappa shape index (κ3) is 2.52. The highest BCUT2D eigenvalue weighted by Crippen LogP contribution is 2.35. The second kappa shape index (κ2) is 5.33. The molecule has 1 N–H and O–H groups in total. The number of furan rings is 1. The molecule has 100 valence electrons. The summed E-state index contributed by atoms with van der Waals surface area (Å²) in [4.78, 5) is 9.17. The zero-order chi connectivity index (χ0) is 13.2. The molecule has 2 aromatic heterocycles. The fourth-order valence-corrected chi connectivity index (χ4v) is 2.96. The molecule has 0 saturated heterocycles. The van der Waals surface area contributed by atoms with Gasteiger partial charge in [0.05, 0.1) is 10.7 Å². The number of hydrogen-bond donors (Lipinski definition) is 1. The predicted octanol–water partition coefficient (Wildman–Crippen LogP) is 4.20. The van der Waals surface area contributed by atoms with Gasteiger partial charge in [-0.25, -0.2) is 9.97 Å². The van der Waals surface area contributed by atoms with Gasteiger partial charge in [-0.05, 0) is 34.8 Å². The fourth-order valence-electron chi connectivity index (χ4n) is 2.58. The summed E-state index contributed by atoms with van der Waals surface area (Å²) in [5.41, 5.74) is 1.12. The molecule has 1 aliphatic rings. The molecular formula is C14H16BrN3O. The van der Waals surface area contributed by atoms with E-state index in [9.17, 15) is 0 Å². The van der Waals surface area contributed by atoms with Crippen LogP contribution in [-0.4, -0.2) is 17.0 Å². The van der Waals surface area contributed by atoms with Crippen LogP contribution in [0, 0.1) is 0 Å². The van der Waals surface area contributed by atoms with Crippen molar-refractivity contribution < 1.29 is 4.42 Å². The second-order valence-corrected chi connectivity index (χ2v) is 5.69. The normalized spacial score (nSPS) is 15.9. The van der Waals surface area contributed by atoms with Gasteiger partial charge in [0, 0.05) is 24.7 Å². The van der Waals surface area contributed by atoms with Crippen LogP contribution in [0.1, 0.15) is 37.3 Å². The van der Waals surface area contributed by atoms with E-state index in [2.05, 4.69) is 32.3 Å². The maximum absolute atomic E-state index is 5.47. The lowest BCUT2D eigenvalue weighted by atomic mass is 10.0. The minimum atomic E-state index is 0.558. The molecule has 3 rings (SSSR count). The zero-order valence-corrected chi connectivity index (χ0v) is 12.4. The molecule has 2 aromatic rings. The second-order valence-electron chi connectivity index (χ2n) is 4.83. The predicted molar refractivity (Wildman–Crippen MR) is 78.2 cm³/mol. The first kappa shape index (κ1) is 12.7. The van der Waals surface area contributed by atoms with E-state index < -0.39 is 0 Å². The SMILES string of the molecule is CNc1cc(C2CCCC2)nc(-c2occc2Br)n1. The molecule has 0 unspecified atom stereocenters. The van der Waals surface area contributed by atoms with Gasteiger partial charge in [0.1, 0.15) is 5.82 Å². The van der Waals surface area contributed by atoms with E-state index in [4.69, 9.17) is 9.40 Å². The summed E-state index contributed by atoms with van der Waals surface area (Å²) in [6, 6.07) is 3.91. The summed E-state index contributed by atoms with van der Waals surface area (Å²) < 4.78 is 6.35. The number of nitrogens with one attached hydrogen (secondary N) is 1. The Kier molecular flexibility index (Phi) is 3.55. The molecule has 19 heavy (non-hydrogen) atoms. The number of hydrogen-bond acceptors (Lipinski definition) is 4. The highest BCUT2D eigenvalue weighted by molar-refractivity contribution is 9.10. The lowest BCUT2D eigenvalue weighted by Gasteiger charge is -2.11. The van der Waals surface area contributed by atoms with Crippen molar-refractivity contribution in [2.24, 2.45) is 0 Å². The first-order chi connectivity index (χ1) is 9.28. The minimum Gasteiger partial charge on any atom is -0.460 e. The first-order valence-corrected chi connectivity index (χ1v) is 7.37. The molecule has 1 aliphatic carbocycles. The smallest absolute Gasteiger partial charge is 0.199 e. The molecule has 0 aliphatic heterocycles. The molecule has 0 amide bonds. The Morgan fingerprint density at radius 3 is 2.74 bits per heavy atom. The molecule has 1 saturated carbocycles. The quantitative estimate of drug-likeness (QED) is 0.920. The largest absolute Gasteiger partial charge is 0.460 e. The summed E-state index contributed by atoms with van der Waals surface area (Å²) >= 11 is 3.46. The van der Waals surface area contributed by atoms with E-state index in [-0.39, 0.29) is 0 Å². The molecule has 0 spiro atoms. The van der Waals surface area contributed by atoms with E-state index in [1.807, 2.05) is 13.1 Å². The van der Waals surface area contributed by atoms with E-state index >= 15 is 0 Å². The van der Waals surface area contributed by atoms with Gasteiger partial charge < -0.3 is 9.73 Å². The van der Waals surface area contributed by atoms with Gasteiger partial charge >= 0.3 is 0 Å². The lowest BCUT2D eigenvalue weighted by molar-refractivity contribution is 0.574. The molecule has 0 radical (unpaired) electrons. The summed E-state index contributed by atoms with van der Waals surface area (Å²) in [6.07, 6.45) is 6.68. The Labute approximate surface area is 120 Å². The Morgan fingerprint density at radius 2 is 2.11 bits per heavy atom. The minimum absolute atomic E-state index is 0.558.